The van der Waals surface area contributed by atoms with E-state index in [0.717, 1.165) is 12.1 Å². The zero-order valence-electron chi connectivity index (χ0n) is 13.7. The number of aromatic nitrogens is 3. The van der Waals surface area contributed by atoms with Gasteiger partial charge < -0.3 is 4.90 Å². The molecule has 0 saturated heterocycles. The molecule has 1 aromatic heterocycles. The smallest absolute Gasteiger partial charge is 0.308 e. The molecule has 124 valence electrons. The molecule has 0 N–H and O–H groups in total. The molecule has 0 radical (unpaired) electrons. The minimum atomic E-state index is -0.169. The summed E-state index contributed by atoms with van der Waals surface area (Å²) >= 11 is 6.06. The van der Waals surface area contributed by atoms with Gasteiger partial charge in [-0.2, -0.15) is 4.68 Å². The molecular formula is C18H19ClN4O. The van der Waals surface area contributed by atoms with Crippen molar-refractivity contribution in [1.82, 2.24) is 19.2 Å². The molecule has 24 heavy (non-hydrogen) atoms. The summed E-state index contributed by atoms with van der Waals surface area (Å²) in [6.07, 6.45) is 0. The second kappa shape index (κ2) is 7.03. The summed E-state index contributed by atoms with van der Waals surface area (Å²) in [4.78, 5) is 14.9. The van der Waals surface area contributed by atoms with E-state index in [1.807, 2.05) is 61.5 Å². The van der Waals surface area contributed by atoms with E-state index in [1.54, 1.807) is 16.7 Å². The van der Waals surface area contributed by atoms with Crippen LogP contribution in [0.3, 0.4) is 0 Å². The second-order valence-electron chi connectivity index (χ2n) is 5.82. The quantitative estimate of drug-likeness (QED) is 0.716. The van der Waals surface area contributed by atoms with Gasteiger partial charge in [-0.3, -0.25) is 4.57 Å². The number of nitrogens with zero attached hydrogens (tertiary/aromatic N) is 4. The van der Waals surface area contributed by atoms with Gasteiger partial charge in [-0.15, -0.1) is 5.10 Å². The minimum Gasteiger partial charge on any atom is -0.308 e. The van der Waals surface area contributed by atoms with Gasteiger partial charge >= 0.3 is 5.69 Å². The fourth-order valence-electron chi connectivity index (χ4n) is 2.47. The van der Waals surface area contributed by atoms with Gasteiger partial charge in [0.1, 0.15) is 0 Å². The first-order valence-electron chi connectivity index (χ1n) is 7.72. The van der Waals surface area contributed by atoms with Crippen LogP contribution >= 0.6 is 11.6 Å². The van der Waals surface area contributed by atoms with Gasteiger partial charge in [0.15, 0.2) is 5.82 Å². The summed E-state index contributed by atoms with van der Waals surface area (Å²) in [5, 5.41) is 5.13. The third-order valence-electron chi connectivity index (χ3n) is 3.72. The van der Waals surface area contributed by atoms with Crippen LogP contribution in [0.5, 0.6) is 0 Å². The molecule has 2 aromatic carbocycles. The number of likely N-dealkylation sites (N-methyl/N-ethyl adjacent to an activating group) is 1. The van der Waals surface area contributed by atoms with Crippen LogP contribution in [0.4, 0.5) is 0 Å². The summed E-state index contributed by atoms with van der Waals surface area (Å²) < 4.78 is 3.11. The zero-order chi connectivity index (χ0) is 17.1. The lowest BCUT2D eigenvalue weighted by atomic mass is 10.2. The van der Waals surface area contributed by atoms with Crippen molar-refractivity contribution >= 4 is 11.6 Å². The van der Waals surface area contributed by atoms with E-state index in [9.17, 15) is 4.79 Å². The van der Waals surface area contributed by atoms with Gasteiger partial charge in [-0.05, 0) is 32.3 Å². The van der Waals surface area contributed by atoms with Crippen molar-refractivity contribution < 1.29 is 0 Å². The van der Waals surface area contributed by atoms with Crippen molar-refractivity contribution in [1.29, 1.82) is 0 Å². The zero-order valence-corrected chi connectivity index (χ0v) is 14.4. The molecule has 6 heteroatoms. The Morgan fingerprint density at radius 1 is 1.08 bits per heavy atom. The first kappa shape index (κ1) is 16.5. The maximum absolute atomic E-state index is 12.9. The Kier molecular flexibility index (Phi) is 4.83. The second-order valence-corrected chi connectivity index (χ2v) is 6.26. The number of hydrogen-bond donors (Lipinski definition) is 0. The van der Waals surface area contributed by atoms with E-state index in [-0.39, 0.29) is 5.69 Å². The fraction of sp³-hybridized carbons (Fsp3) is 0.222. The number of hydrogen-bond acceptors (Lipinski definition) is 3. The lowest BCUT2D eigenvalue weighted by Gasteiger charge is -2.10. The van der Waals surface area contributed by atoms with Crippen molar-refractivity contribution in [3.63, 3.8) is 0 Å². The van der Waals surface area contributed by atoms with E-state index in [0.29, 0.717) is 23.1 Å². The van der Waals surface area contributed by atoms with Gasteiger partial charge in [0.2, 0.25) is 0 Å². The minimum absolute atomic E-state index is 0.169. The van der Waals surface area contributed by atoms with Crippen molar-refractivity contribution in [2.45, 2.75) is 6.54 Å². The maximum atomic E-state index is 12.9. The number of halogens is 1. The van der Waals surface area contributed by atoms with E-state index >= 15 is 0 Å². The van der Waals surface area contributed by atoms with E-state index in [4.69, 9.17) is 11.6 Å². The molecular weight excluding hydrogens is 324 g/mol. The molecule has 0 aliphatic rings. The number of benzene rings is 2. The molecule has 0 fully saturated rings. The first-order valence-corrected chi connectivity index (χ1v) is 8.10. The van der Waals surface area contributed by atoms with Gasteiger partial charge in [0, 0.05) is 23.7 Å². The highest BCUT2D eigenvalue weighted by Gasteiger charge is 2.16. The lowest BCUT2D eigenvalue weighted by molar-refractivity contribution is 0.381. The summed E-state index contributed by atoms with van der Waals surface area (Å²) in [5.74, 6) is 0.655. The van der Waals surface area contributed by atoms with Crippen LogP contribution in [0.25, 0.3) is 17.1 Å². The molecule has 0 aliphatic heterocycles. The standard InChI is InChI=1S/C18H19ClN4O/c1-21(2)11-12-22-17(14-7-4-3-5-8-14)20-23(18(22)24)16-10-6-9-15(19)13-16/h3-10,13H,11-12H2,1-2H3. The number of rotatable bonds is 5. The van der Waals surface area contributed by atoms with Gasteiger partial charge in [-0.1, -0.05) is 48.0 Å². The SMILES string of the molecule is CN(C)CCn1c(-c2ccccc2)nn(-c2cccc(Cl)c2)c1=O. The molecule has 0 atom stereocenters. The lowest BCUT2D eigenvalue weighted by Crippen LogP contribution is -2.28. The average molecular weight is 343 g/mol. The molecule has 0 unspecified atom stereocenters. The molecule has 5 nitrogen and oxygen atoms in total. The van der Waals surface area contributed by atoms with Crippen molar-refractivity contribution in [2.75, 3.05) is 20.6 Å². The van der Waals surface area contributed by atoms with Crippen molar-refractivity contribution in [3.05, 3.63) is 70.1 Å². The third kappa shape index (κ3) is 3.42. The molecule has 3 rings (SSSR count). The van der Waals surface area contributed by atoms with Crippen LogP contribution in [0.2, 0.25) is 5.02 Å². The topological polar surface area (TPSA) is 43.1 Å². The van der Waals surface area contributed by atoms with Crippen LogP contribution in [0.15, 0.2) is 59.4 Å². The average Bonchev–Trinajstić information content (AvgIpc) is 2.90. The Labute approximate surface area is 145 Å². The molecule has 0 aliphatic carbocycles. The fourth-order valence-corrected chi connectivity index (χ4v) is 2.66. The maximum Gasteiger partial charge on any atom is 0.351 e. The molecule has 3 aromatic rings. The largest absolute Gasteiger partial charge is 0.351 e. The Balaban J connectivity index is 2.13. The predicted octanol–water partition coefficient (Wildman–Crippen LogP) is 2.92. The monoisotopic (exact) mass is 342 g/mol. The van der Waals surface area contributed by atoms with Crippen LogP contribution in [-0.4, -0.2) is 39.9 Å². The third-order valence-corrected chi connectivity index (χ3v) is 3.95. The highest BCUT2D eigenvalue weighted by molar-refractivity contribution is 6.30. The highest BCUT2D eigenvalue weighted by atomic mass is 35.5. The van der Waals surface area contributed by atoms with E-state index in [1.165, 1.54) is 4.68 Å². The predicted molar refractivity (Wildman–Crippen MR) is 96.8 cm³/mol. The first-order chi connectivity index (χ1) is 11.6. The Bertz CT molecular complexity index is 884. The normalized spacial score (nSPS) is 11.2. The summed E-state index contributed by atoms with van der Waals surface area (Å²) in [5.41, 5.74) is 1.40. The highest BCUT2D eigenvalue weighted by Crippen LogP contribution is 2.18. The van der Waals surface area contributed by atoms with Gasteiger partial charge in [-0.25, -0.2) is 4.79 Å². The van der Waals surface area contributed by atoms with Crippen LogP contribution < -0.4 is 5.69 Å². The van der Waals surface area contributed by atoms with Crippen molar-refractivity contribution in [3.8, 4) is 17.1 Å². The summed E-state index contributed by atoms with van der Waals surface area (Å²) in [7, 11) is 3.96. The molecule has 0 spiro atoms. The molecule has 1 heterocycles. The van der Waals surface area contributed by atoms with Crippen molar-refractivity contribution in [2.24, 2.45) is 0 Å². The Morgan fingerprint density at radius 3 is 2.50 bits per heavy atom. The summed E-state index contributed by atoms with van der Waals surface area (Å²) in [6.45, 7) is 1.32. The molecule has 0 saturated carbocycles. The van der Waals surface area contributed by atoms with Crippen LogP contribution in [-0.2, 0) is 6.54 Å². The Hall–Kier alpha value is -2.37. The van der Waals surface area contributed by atoms with E-state index < -0.39 is 0 Å². The van der Waals surface area contributed by atoms with Crippen LogP contribution in [0.1, 0.15) is 0 Å². The summed E-state index contributed by atoms with van der Waals surface area (Å²) in [6, 6.07) is 16.9. The molecule has 0 bridgehead atoms. The Morgan fingerprint density at radius 2 is 1.83 bits per heavy atom. The van der Waals surface area contributed by atoms with Gasteiger partial charge in [0.05, 0.1) is 5.69 Å². The van der Waals surface area contributed by atoms with Gasteiger partial charge in [0.25, 0.3) is 0 Å². The molecule has 0 amide bonds. The van der Waals surface area contributed by atoms with E-state index in [2.05, 4.69) is 5.10 Å². The van der Waals surface area contributed by atoms with Crippen LogP contribution in [0, 0.1) is 0 Å².